The number of quaternary nitrogens is 1. The van der Waals surface area contributed by atoms with E-state index in [0.717, 1.165) is 17.9 Å². The summed E-state index contributed by atoms with van der Waals surface area (Å²) in [7, 11) is 0. The zero-order valence-electron chi connectivity index (χ0n) is 13.1. The normalized spacial score (nSPS) is 22.5. The molecule has 4 rings (SSSR count). The van der Waals surface area contributed by atoms with E-state index in [1.54, 1.807) is 0 Å². The molecule has 5 heteroatoms. The van der Waals surface area contributed by atoms with E-state index in [4.69, 9.17) is 4.98 Å². The van der Waals surface area contributed by atoms with E-state index in [-0.39, 0.29) is 11.6 Å². The minimum absolute atomic E-state index is 0.0382. The van der Waals surface area contributed by atoms with Crippen molar-refractivity contribution < 1.29 is 4.90 Å². The molecule has 3 aromatic rings. The molecule has 1 fully saturated rings. The van der Waals surface area contributed by atoms with Crippen LogP contribution in [0.5, 0.6) is 0 Å². The first kappa shape index (κ1) is 14.6. The number of nitrogens with one attached hydrogen (secondary N) is 2. The first-order chi connectivity index (χ1) is 11.2. The molecule has 0 amide bonds. The maximum absolute atomic E-state index is 12.3. The largest absolute Gasteiger partial charge is 0.320 e. The van der Waals surface area contributed by atoms with Gasteiger partial charge in [0.1, 0.15) is 12.1 Å². The van der Waals surface area contributed by atoms with Gasteiger partial charge in [0.15, 0.2) is 5.82 Å². The van der Waals surface area contributed by atoms with Gasteiger partial charge in [0.05, 0.1) is 22.3 Å². The van der Waals surface area contributed by atoms with Crippen molar-refractivity contribution in [3.8, 4) is 0 Å². The number of para-hydroxylation sites is 1. The first-order valence-corrected chi connectivity index (χ1v) is 9.00. The van der Waals surface area contributed by atoms with E-state index in [1.165, 1.54) is 22.6 Å². The molecule has 0 bridgehead atoms. The molecule has 4 nitrogen and oxygen atoms in total. The van der Waals surface area contributed by atoms with Gasteiger partial charge in [-0.1, -0.05) is 18.2 Å². The average Bonchev–Trinajstić information content (AvgIpc) is 3.25. The average molecular weight is 326 g/mol. The number of hydrogen-bond acceptors (Lipinski definition) is 3. The third-order valence-corrected chi connectivity index (χ3v) is 5.88. The lowest BCUT2D eigenvalue weighted by Gasteiger charge is -2.26. The Balaban J connectivity index is 1.71. The van der Waals surface area contributed by atoms with Gasteiger partial charge < -0.3 is 9.88 Å². The van der Waals surface area contributed by atoms with Crippen molar-refractivity contribution in [2.24, 2.45) is 0 Å². The second kappa shape index (κ2) is 5.91. The van der Waals surface area contributed by atoms with Crippen LogP contribution in [0.3, 0.4) is 0 Å². The van der Waals surface area contributed by atoms with Crippen molar-refractivity contribution in [2.75, 3.05) is 6.54 Å². The molecule has 1 unspecified atom stereocenters. The summed E-state index contributed by atoms with van der Waals surface area (Å²) in [6.45, 7) is 3.30. The van der Waals surface area contributed by atoms with E-state index in [1.807, 2.05) is 35.6 Å². The summed E-state index contributed by atoms with van der Waals surface area (Å²) in [5, 5.41) is 2.81. The van der Waals surface area contributed by atoms with Crippen LogP contribution in [0.25, 0.3) is 10.9 Å². The fourth-order valence-corrected chi connectivity index (χ4v) is 4.59. The molecule has 118 valence electrons. The summed E-state index contributed by atoms with van der Waals surface area (Å²) >= 11 is 1.83. The molecule has 2 aromatic heterocycles. The SMILES string of the molecule is C[C@@H](c1nc2ccccc2c(=O)[nH]1)[NH+]1CCC[C@@H]1c1cccs1. The number of benzene rings is 1. The fraction of sp³-hybridized carbons (Fsp3) is 0.333. The van der Waals surface area contributed by atoms with E-state index >= 15 is 0 Å². The zero-order chi connectivity index (χ0) is 15.8. The molecule has 3 atom stereocenters. The second-order valence-electron chi connectivity index (χ2n) is 6.23. The molecule has 0 spiro atoms. The monoisotopic (exact) mass is 326 g/mol. The van der Waals surface area contributed by atoms with Crippen molar-refractivity contribution in [3.63, 3.8) is 0 Å². The number of fused-ring (bicyclic) bond motifs is 1. The number of rotatable bonds is 3. The van der Waals surface area contributed by atoms with Crippen molar-refractivity contribution in [1.29, 1.82) is 0 Å². The molecular weight excluding hydrogens is 306 g/mol. The summed E-state index contributed by atoms with van der Waals surface area (Å²) in [6, 6.07) is 12.6. The Bertz CT molecular complexity index is 871. The topological polar surface area (TPSA) is 50.2 Å². The van der Waals surface area contributed by atoms with Gasteiger partial charge >= 0.3 is 0 Å². The Morgan fingerprint density at radius 2 is 2.17 bits per heavy atom. The standard InChI is InChI=1S/C18H19N3OS/c1-12(21-10-4-8-15(21)16-9-5-11-23-16)17-19-14-7-3-2-6-13(14)18(22)20-17/h2-3,5-7,9,11-12,15H,4,8,10H2,1H3,(H,19,20,22)/p+1/t12-,15+/m0/s1. The molecule has 1 aromatic carbocycles. The number of thiophene rings is 1. The van der Waals surface area contributed by atoms with Crippen LogP contribution in [0, 0.1) is 0 Å². The number of hydrogen-bond donors (Lipinski definition) is 2. The van der Waals surface area contributed by atoms with Gasteiger partial charge in [-0.05, 0) is 30.5 Å². The van der Waals surface area contributed by atoms with Gasteiger partial charge in [0, 0.05) is 12.8 Å². The van der Waals surface area contributed by atoms with Crippen molar-refractivity contribution in [3.05, 3.63) is 62.8 Å². The highest BCUT2D eigenvalue weighted by atomic mass is 32.1. The summed E-state index contributed by atoms with van der Waals surface area (Å²) in [5.74, 6) is 0.798. The third kappa shape index (κ3) is 2.60. The molecule has 1 aliphatic rings. The van der Waals surface area contributed by atoms with Crippen LogP contribution < -0.4 is 10.5 Å². The smallest absolute Gasteiger partial charge is 0.258 e. The highest BCUT2D eigenvalue weighted by molar-refractivity contribution is 7.10. The third-order valence-electron chi connectivity index (χ3n) is 4.89. The minimum Gasteiger partial charge on any atom is -0.320 e. The lowest BCUT2D eigenvalue weighted by molar-refractivity contribution is -0.947. The van der Waals surface area contributed by atoms with Crippen LogP contribution in [0.15, 0.2) is 46.6 Å². The molecule has 2 N–H and O–H groups in total. The first-order valence-electron chi connectivity index (χ1n) is 8.12. The molecule has 1 saturated heterocycles. The Kier molecular flexibility index (Phi) is 3.75. The highest BCUT2D eigenvalue weighted by Gasteiger charge is 2.36. The molecule has 0 saturated carbocycles. The number of nitrogens with zero attached hydrogens (tertiary/aromatic N) is 1. The Labute approximate surface area is 138 Å². The zero-order valence-corrected chi connectivity index (χ0v) is 13.9. The van der Waals surface area contributed by atoms with Crippen LogP contribution in [-0.4, -0.2) is 16.5 Å². The fourth-order valence-electron chi connectivity index (χ4n) is 3.69. The number of aromatic amines is 1. The molecule has 23 heavy (non-hydrogen) atoms. The summed E-state index contributed by atoms with van der Waals surface area (Å²) in [6.07, 6.45) is 2.43. The van der Waals surface area contributed by atoms with Crippen LogP contribution in [0.1, 0.15) is 42.6 Å². The quantitative estimate of drug-likeness (QED) is 0.777. The highest BCUT2D eigenvalue weighted by Crippen LogP contribution is 2.25. The molecule has 1 aliphatic heterocycles. The number of aromatic nitrogens is 2. The summed E-state index contributed by atoms with van der Waals surface area (Å²) in [4.78, 5) is 23.0. The molecule has 3 heterocycles. The predicted octanol–water partition coefficient (Wildman–Crippen LogP) is 2.47. The summed E-state index contributed by atoms with van der Waals surface area (Å²) < 4.78 is 0. The van der Waals surface area contributed by atoms with Crippen molar-refractivity contribution in [1.82, 2.24) is 9.97 Å². The Hall–Kier alpha value is -1.98. The van der Waals surface area contributed by atoms with E-state index in [2.05, 4.69) is 29.4 Å². The maximum atomic E-state index is 12.3. The van der Waals surface area contributed by atoms with Crippen molar-refractivity contribution in [2.45, 2.75) is 31.8 Å². The molecular formula is C18H20N3OS+. The number of likely N-dealkylation sites (tertiary alicyclic amines) is 1. The molecule has 0 aliphatic carbocycles. The van der Waals surface area contributed by atoms with Crippen LogP contribution in [0.2, 0.25) is 0 Å². The van der Waals surface area contributed by atoms with Gasteiger partial charge in [-0.15, -0.1) is 11.3 Å². The van der Waals surface area contributed by atoms with Crippen LogP contribution in [0.4, 0.5) is 0 Å². The van der Waals surface area contributed by atoms with Gasteiger partial charge in [-0.25, -0.2) is 4.98 Å². The van der Waals surface area contributed by atoms with Gasteiger partial charge in [0.2, 0.25) is 0 Å². The Morgan fingerprint density at radius 3 is 3.00 bits per heavy atom. The van der Waals surface area contributed by atoms with Gasteiger partial charge in [-0.3, -0.25) is 4.79 Å². The van der Waals surface area contributed by atoms with E-state index in [0.29, 0.717) is 11.4 Å². The van der Waals surface area contributed by atoms with Crippen LogP contribution >= 0.6 is 11.3 Å². The lowest BCUT2D eigenvalue weighted by atomic mass is 10.1. The lowest BCUT2D eigenvalue weighted by Crippen LogP contribution is -3.10. The number of H-pyrrole nitrogens is 1. The summed E-state index contributed by atoms with van der Waals surface area (Å²) in [5.41, 5.74) is 0.744. The van der Waals surface area contributed by atoms with Gasteiger partial charge in [-0.2, -0.15) is 0 Å². The van der Waals surface area contributed by atoms with Gasteiger partial charge in [0.25, 0.3) is 5.56 Å². The van der Waals surface area contributed by atoms with E-state index in [9.17, 15) is 4.79 Å². The van der Waals surface area contributed by atoms with Crippen molar-refractivity contribution >= 4 is 22.2 Å². The Morgan fingerprint density at radius 1 is 1.30 bits per heavy atom. The minimum atomic E-state index is -0.0382. The molecule has 0 radical (unpaired) electrons. The second-order valence-corrected chi connectivity index (χ2v) is 7.20. The predicted molar refractivity (Wildman–Crippen MR) is 92.9 cm³/mol. The van der Waals surface area contributed by atoms with E-state index < -0.39 is 0 Å². The van der Waals surface area contributed by atoms with Crippen LogP contribution in [-0.2, 0) is 0 Å². The maximum Gasteiger partial charge on any atom is 0.258 e.